The lowest BCUT2D eigenvalue weighted by Gasteiger charge is -2.18. The van der Waals surface area contributed by atoms with Gasteiger partial charge in [0.15, 0.2) is 13.6 Å². The SMILES string of the molecule is COCOc1ccc(C2=C/C(=N/O)CCC2)c(OCOC)c1. The van der Waals surface area contributed by atoms with E-state index >= 15 is 0 Å². The molecule has 1 aromatic rings. The van der Waals surface area contributed by atoms with Crippen LogP contribution in [0.2, 0.25) is 0 Å². The van der Waals surface area contributed by atoms with Gasteiger partial charge in [0.05, 0.1) is 5.71 Å². The molecule has 0 spiro atoms. The largest absolute Gasteiger partial charge is 0.467 e. The van der Waals surface area contributed by atoms with Crippen LogP contribution < -0.4 is 9.47 Å². The smallest absolute Gasteiger partial charge is 0.188 e. The molecule has 1 aromatic carbocycles. The predicted molar refractivity (Wildman–Crippen MR) is 82.5 cm³/mol. The van der Waals surface area contributed by atoms with E-state index in [0.717, 1.165) is 30.4 Å². The molecule has 0 aromatic heterocycles. The Labute approximate surface area is 129 Å². The molecule has 0 saturated carbocycles. The van der Waals surface area contributed by atoms with Crippen molar-refractivity contribution in [2.45, 2.75) is 19.3 Å². The standard InChI is InChI=1S/C16H21NO5/c1-19-10-21-14-6-7-15(16(9-14)22-11-20-2)12-4-3-5-13(8-12)17-18/h6-9,18H,3-5,10-11H2,1-2H3/b17-13+. The van der Waals surface area contributed by atoms with Crippen LogP contribution in [0, 0.1) is 0 Å². The van der Waals surface area contributed by atoms with Crippen LogP contribution in [0.4, 0.5) is 0 Å². The minimum atomic E-state index is 0.148. The fraction of sp³-hybridized carbons (Fsp3) is 0.438. The quantitative estimate of drug-likeness (QED) is 0.476. The molecule has 0 bridgehead atoms. The first-order valence-electron chi connectivity index (χ1n) is 7.08. The zero-order valence-electron chi connectivity index (χ0n) is 12.9. The molecule has 120 valence electrons. The normalized spacial score (nSPS) is 16.5. The summed E-state index contributed by atoms with van der Waals surface area (Å²) in [6.07, 6.45) is 4.52. The molecule has 1 aliphatic carbocycles. The van der Waals surface area contributed by atoms with E-state index in [4.69, 9.17) is 24.2 Å². The molecule has 22 heavy (non-hydrogen) atoms. The van der Waals surface area contributed by atoms with E-state index in [0.29, 0.717) is 17.2 Å². The van der Waals surface area contributed by atoms with Gasteiger partial charge in [-0.2, -0.15) is 0 Å². The summed E-state index contributed by atoms with van der Waals surface area (Å²) in [5, 5.41) is 12.3. The zero-order chi connectivity index (χ0) is 15.8. The summed E-state index contributed by atoms with van der Waals surface area (Å²) in [7, 11) is 3.14. The fourth-order valence-corrected chi connectivity index (χ4v) is 2.32. The summed E-state index contributed by atoms with van der Waals surface area (Å²) in [5.74, 6) is 1.32. The Morgan fingerprint density at radius 3 is 2.59 bits per heavy atom. The van der Waals surface area contributed by atoms with Crippen molar-refractivity contribution < 1.29 is 24.2 Å². The van der Waals surface area contributed by atoms with Crippen molar-refractivity contribution >= 4 is 11.3 Å². The molecule has 6 nitrogen and oxygen atoms in total. The van der Waals surface area contributed by atoms with Crippen LogP contribution in [-0.2, 0) is 9.47 Å². The molecule has 0 heterocycles. The van der Waals surface area contributed by atoms with Gasteiger partial charge in [0.1, 0.15) is 11.5 Å². The van der Waals surface area contributed by atoms with Gasteiger partial charge in [-0.1, -0.05) is 5.16 Å². The lowest BCUT2D eigenvalue weighted by molar-refractivity contribution is 0.0459. The molecule has 1 aliphatic rings. The number of nitrogens with zero attached hydrogens (tertiary/aromatic N) is 1. The highest BCUT2D eigenvalue weighted by atomic mass is 16.7. The molecule has 0 unspecified atom stereocenters. The monoisotopic (exact) mass is 307 g/mol. The Hall–Kier alpha value is -2.05. The number of oxime groups is 1. The molecular weight excluding hydrogens is 286 g/mol. The Morgan fingerprint density at radius 1 is 1.09 bits per heavy atom. The van der Waals surface area contributed by atoms with Crippen molar-refractivity contribution in [1.29, 1.82) is 0 Å². The van der Waals surface area contributed by atoms with E-state index in [1.807, 2.05) is 18.2 Å². The third-order valence-electron chi connectivity index (χ3n) is 3.32. The maximum atomic E-state index is 8.97. The van der Waals surface area contributed by atoms with E-state index in [2.05, 4.69) is 5.16 Å². The number of methoxy groups -OCH3 is 2. The van der Waals surface area contributed by atoms with Crippen LogP contribution in [0.1, 0.15) is 24.8 Å². The lowest BCUT2D eigenvalue weighted by atomic mass is 9.92. The molecule has 0 fully saturated rings. The number of rotatable bonds is 7. The number of hydrogen-bond acceptors (Lipinski definition) is 6. The highest BCUT2D eigenvalue weighted by molar-refractivity contribution is 6.02. The second-order valence-corrected chi connectivity index (χ2v) is 4.87. The van der Waals surface area contributed by atoms with Gasteiger partial charge < -0.3 is 24.2 Å². The van der Waals surface area contributed by atoms with E-state index in [9.17, 15) is 0 Å². The summed E-state index contributed by atoms with van der Waals surface area (Å²) < 4.78 is 21.0. The zero-order valence-corrected chi connectivity index (χ0v) is 12.9. The molecule has 0 amide bonds. The maximum Gasteiger partial charge on any atom is 0.188 e. The Morgan fingerprint density at radius 2 is 1.86 bits per heavy atom. The Bertz CT molecular complexity index is 553. The third-order valence-corrected chi connectivity index (χ3v) is 3.32. The second kappa shape index (κ2) is 8.41. The van der Waals surface area contributed by atoms with Gasteiger partial charge in [-0.05, 0) is 43.0 Å². The van der Waals surface area contributed by atoms with E-state index in [1.165, 1.54) is 0 Å². The van der Waals surface area contributed by atoms with Gasteiger partial charge in [-0.25, -0.2) is 0 Å². The Kier molecular flexibility index (Phi) is 6.24. The number of benzene rings is 1. The van der Waals surface area contributed by atoms with Crippen molar-refractivity contribution in [3.8, 4) is 11.5 Å². The average Bonchev–Trinajstić information content (AvgIpc) is 2.58. The molecule has 1 N–H and O–H groups in total. The second-order valence-electron chi connectivity index (χ2n) is 4.87. The highest BCUT2D eigenvalue weighted by Crippen LogP contribution is 2.35. The number of ether oxygens (including phenoxy) is 4. The van der Waals surface area contributed by atoms with E-state index in [-0.39, 0.29) is 13.6 Å². The number of hydrogen-bond donors (Lipinski definition) is 1. The maximum absolute atomic E-state index is 8.97. The van der Waals surface area contributed by atoms with Crippen molar-refractivity contribution in [2.75, 3.05) is 27.8 Å². The summed E-state index contributed by atoms with van der Waals surface area (Å²) in [4.78, 5) is 0. The first-order chi connectivity index (χ1) is 10.8. The van der Waals surface area contributed by atoms with Crippen LogP contribution in [0.15, 0.2) is 29.4 Å². The van der Waals surface area contributed by atoms with Crippen LogP contribution >= 0.6 is 0 Å². The summed E-state index contributed by atoms with van der Waals surface area (Å²) in [5.41, 5.74) is 2.70. The van der Waals surface area contributed by atoms with Crippen LogP contribution in [0.3, 0.4) is 0 Å². The van der Waals surface area contributed by atoms with Crippen LogP contribution in [0.5, 0.6) is 11.5 Å². The molecule has 0 aliphatic heterocycles. The molecule has 0 atom stereocenters. The van der Waals surface area contributed by atoms with Gasteiger partial charge in [0.2, 0.25) is 0 Å². The summed E-state index contributed by atoms with van der Waals surface area (Å²) in [6, 6.07) is 5.60. The van der Waals surface area contributed by atoms with Crippen molar-refractivity contribution in [2.24, 2.45) is 5.16 Å². The van der Waals surface area contributed by atoms with Gasteiger partial charge in [-0.15, -0.1) is 0 Å². The summed E-state index contributed by atoms with van der Waals surface area (Å²) in [6.45, 7) is 0.321. The van der Waals surface area contributed by atoms with Crippen LogP contribution in [-0.4, -0.2) is 38.7 Å². The molecule has 0 saturated heterocycles. The van der Waals surface area contributed by atoms with Crippen molar-refractivity contribution in [3.05, 3.63) is 29.8 Å². The highest BCUT2D eigenvalue weighted by Gasteiger charge is 2.16. The molecule has 0 radical (unpaired) electrons. The fourth-order valence-electron chi connectivity index (χ4n) is 2.32. The van der Waals surface area contributed by atoms with Gasteiger partial charge in [0.25, 0.3) is 0 Å². The minimum Gasteiger partial charge on any atom is -0.467 e. The summed E-state index contributed by atoms with van der Waals surface area (Å²) >= 11 is 0. The van der Waals surface area contributed by atoms with Crippen LogP contribution in [0.25, 0.3) is 5.57 Å². The Balaban J connectivity index is 2.30. The minimum absolute atomic E-state index is 0.148. The molecular formula is C16H21NO5. The predicted octanol–water partition coefficient (Wildman–Crippen LogP) is 3.05. The van der Waals surface area contributed by atoms with Crippen molar-refractivity contribution in [1.82, 2.24) is 0 Å². The van der Waals surface area contributed by atoms with Crippen molar-refractivity contribution in [3.63, 3.8) is 0 Å². The van der Waals surface area contributed by atoms with Gasteiger partial charge in [0, 0.05) is 25.8 Å². The molecule has 2 rings (SSSR count). The van der Waals surface area contributed by atoms with E-state index in [1.54, 1.807) is 20.3 Å². The van der Waals surface area contributed by atoms with Gasteiger partial charge >= 0.3 is 0 Å². The van der Waals surface area contributed by atoms with Gasteiger partial charge in [-0.3, -0.25) is 0 Å². The average molecular weight is 307 g/mol. The van der Waals surface area contributed by atoms with E-state index < -0.39 is 0 Å². The topological polar surface area (TPSA) is 69.5 Å². The lowest BCUT2D eigenvalue weighted by Crippen LogP contribution is -2.07. The third kappa shape index (κ3) is 4.22. The molecule has 6 heteroatoms. The number of allylic oxidation sites excluding steroid dienone is 2. The first-order valence-corrected chi connectivity index (χ1v) is 7.08. The first kappa shape index (κ1) is 16.3.